The smallest absolute Gasteiger partial charge is 0.135 e. The van der Waals surface area contributed by atoms with Gasteiger partial charge in [-0.15, -0.1) is 0 Å². The summed E-state index contributed by atoms with van der Waals surface area (Å²) in [4.78, 5) is 0. The molecule has 0 radical (unpaired) electrons. The molecule has 1 aromatic heterocycles. The Morgan fingerprint density at radius 1 is 1.38 bits per heavy atom. The van der Waals surface area contributed by atoms with Gasteiger partial charge in [-0.25, -0.2) is 0 Å². The molecular weight excluding hydrogens is 251 g/mol. The largest absolute Gasteiger partial charge is 0.464 e. The summed E-state index contributed by atoms with van der Waals surface area (Å²) >= 11 is 9.24. The van der Waals surface area contributed by atoms with Crippen molar-refractivity contribution >= 4 is 38.5 Å². The number of hydrogen-bond donors (Lipinski definition) is 0. The van der Waals surface area contributed by atoms with Gasteiger partial charge in [-0.05, 0) is 30.2 Å². The van der Waals surface area contributed by atoms with Gasteiger partial charge in [0.1, 0.15) is 5.58 Å². The second kappa shape index (κ2) is 3.72. The Morgan fingerprint density at radius 2 is 2.23 bits per heavy atom. The monoisotopic (exact) mass is 258 g/mol. The normalized spacial score (nSPS) is 10.9. The number of aryl methyl sites for hydroxylation is 1. The van der Waals surface area contributed by atoms with E-state index in [0.29, 0.717) is 5.02 Å². The number of hydrogen-bond acceptors (Lipinski definition) is 1. The van der Waals surface area contributed by atoms with Crippen molar-refractivity contribution in [1.29, 1.82) is 0 Å². The number of alkyl halides is 1. The Hall–Kier alpha value is -0.470. The van der Waals surface area contributed by atoms with Crippen LogP contribution in [0.1, 0.15) is 5.56 Å². The average molecular weight is 260 g/mol. The second-order valence-corrected chi connectivity index (χ2v) is 4.07. The predicted molar refractivity (Wildman–Crippen MR) is 58.7 cm³/mol. The summed E-state index contributed by atoms with van der Waals surface area (Å²) in [5.74, 6) is 0. The lowest BCUT2D eigenvalue weighted by Gasteiger charge is -1.93. The van der Waals surface area contributed by atoms with E-state index in [1.54, 1.807) is 6.26 Å². The first-order valence-corrected chi connectivity index (χ1v) is 5.53. The van der Waals surface area contributed by atoms with Crippen LogP contribution in [-0.2, 0) is 6.42 Å². The van der Waals surface area contributed by atoms with Crippen molar-refractivity contribution in [3.8, 4) is 0 Å². The van der Waals surface area contributed by atoms with E-state index in [2.05, 4.69) is 15.9 Å². The van der Waals surface area contributed by atoms with Crippen LogP contribution in [-0.4, -0.2) is 5.33 Å². The Balaban J connectivity index is 2.55. The molecule has 1 heterocycles. The van der Waals surface area contributed by atoms with Gasteiger partial charge in [-0.2, -0.15) is 0 Å². The van der Waals surface area contributed by atoms with Crippen LogP contribution in [0, 0.1) is 0 Å². The first kappa shape index (κ1) is 9.10. The van der Waals surface area contributed by atoms with Crippen molar-refractivity contribution in [2.75, 3.05) is 5.33 Å². The maximum absolute atomic E-state index is 5.84. The molecule has 0 aliphatic carbocycles. The van der Waals surface area contributed by atoms with E-state index in [9.17, 15) is 0 Å². The van der Waals surface area contributed by atoms with Gasteiger partial charge in [0.2, 0.25) is 0 Å². The predicted octanol–water partition coefficient (Wildman–Crippen LogP) is 4.02. The van der Waals surface area contributed by atoms with Gasteiger partial charge >= 0.3 is 0 Å². The van der Waals surface area contributed by atoms with Crippen LogP contribution >= 0.6 is 27.5 Å². The third-order valence-corrected chi connectivity index (χ3v) is 2.61. The minimum atomic E-state index is 0.715. The van der Waals surface area contributed by atoms with Gasteiger partial charge in [0, 0.05) is 15.7 Å². The highest BCUT2D eigenvalue weighted by Gasteiger charge is 2.04. The highest BCUT2D eigenvalue weighted by Crippen LogP contribution is 2.24. The summed E-state index contributed by atoms with van der Waals surface area (Å²) < 4.78 is 5.38. The molecule has 3 heteroatoms. The van der Waals surface area contributed by atoms with Crippen LogP contribution < -0.4 is 0 Å². The van der Waals surface area contributed by atoms with Crippen molar-refractivity contribution in [3.05, 3.63) is 35.0 Å². The van der Waals surface area contributed by atoms with Gasteiger partial charge in [-0.3, -0.25) is 0 Å². The molecule has 2 rings (SSSR count). The molecule has 0 aliphatic heterocycles. The van der Waals surface area contributed by atoms with Crippen LogP contribution in [0.4, 0.5) is 0 Å². The van der Waals surface area contributed by atoms with E-state index in [-0.39, 0.29) is 0 Å². The first-order chi connectivity index (χ1) is 6.31. The molecule has 1 nitrogen and oxygen atoms in total. The molecule has 0 aliphatic rings. The van der Waals surface area contributed by atoms with Crippen molar-refractivity contribution in [3.63, 3.8) is 0 Å². The summed E-state index contributed by atoms with van der Waals surface area (Å²) in [7, 11) is 0. The number of furan rings is 1. The highest BCUT2D eigenvalue weighted by molar-refractivity contribution is 9.09. The third-order valence-electron chi connectivity index (χ3n) is 1.98. The fourth-order valence-corrected chi connectivity index (χ4v) is 1.94. The van der Waals surface area contributed by atoms with E-state index < -0.39 is 0 Å². The van der Waals surface area contributed by atoms with Crippen molar-refractivity contribution in [2.24, 2.45) is 0 Å². The van der Waals surface area contributed by atoms with E-state index in [0.717, 1.165) is 22.7 Å². The van der Waals surface area contributed by atoms with Gasteiger partial charge in [-0.1, -0.05) is 27.5 Å². The van der Waals surface area contributed by atoms with Crippen LogP contribution in [0.2, 0.25) is 5.02 Å². The minimum Gasteiger partial charge on any atom is -0.464 e. The second-order valence-electron chi connectivity index (χ2n) is 2.84. The van der Waals surface area contributed by atoms with Crippen LogP contribution in [0.3, 0.4) is 0 Å². The molecule has 68 valence electrons. The van der Waals surface area contributed by atoms with E-state index in [4.69, 9.17) is 16.0 Å². The highest BCUT2D eigenvalue weighted by atomic mass is 79.9. The number of fused-ring (bicyclic) bond motifs is 1. The average Bonchev–Trinajstić information content (AvgIpc) is 2.49. The molecule has 0 atom stereocenters. The van der Waals surface area contributed by atoms with Gasteiger partial charge in [0.25, 0.3) is 0 Å². The Bertz CT molecular complexity index is 422. The molecule has 0 fully saturated rings. The molecule has 1 aromatic carbocycles. The van der Waals surface area contributed by atoms with Gasteiger partial charge in [0.05, 0.1) is 6.26 Å². The van der Waals surface area contributed by atoms with Gasteiger partial charge < -0.3 is 4.42 Å². The lowest BCUT2D eigenvalue weighted by atomic mass is 10.1. The van der Waals surface area contributed by atoms with E-state index >= 15 is 0 Å². The lowest BCUT2D eigenvalue weighted by molar-refractivity contribution is 0.611. The van der Waals surface area contributed by atoms with E-state index in [1.165, 1.54) is 5.56 Å². The molecule has 0 amide bonds. The zero-order valence-electron chi connectivity index (χ0n) is 6.89. The maximum Gasteiger partial charge on any atom is 0.135 e. The standard InChI is InChI=1S/C10H8BrClO/c11-4-3-7-6-13-10-5-8(12)1-2-9(7)10/h1-2,5-6H,3-4H2. The molecule has 0 spiro atoms. The maximum atomic E-state index is 5.84. The topological polar surface area (TPSA) is 13.1 Å². The first-order valence-electron chi connectivity index (χ1n) is 4.03. The molecule has 0 saturated heterocycles. The summed E-state index contributed by atoms with van der Waals surface area (Å²) in [6.45, 7) is 0. The molecule has 0 unspecified atom stereocenters. The van der Waals surface area contributed by atoms with Gasteiger partial charge in [0.15, 0.2) is 0 Å². The van der Waals surface area contributed by atoms with Crippen molar-refractivity contribution in [1.82, 2.24) is 0 Å². The van der Waals surface area contributed by atoms with Crippen molar-refractivity contribution in [2.45, 2.75) is 6.42 Å². The molecule has 0 saturated carbocycles. The SMILES string of the molecule is Clc1ccc2c(CCBr)coc2c1. The molecule has 2 aromatic rings. The van der Waals surface area contributed by atoms with E-state index in [1.807, 2.05) is 18.2 Å². The molecular formula is C10H8BrClO. The number of rotatable bonds is 2. The fraction of sp³-hybridized carbons (Fsp3) is 0.200. The number of benzene rings is 1. The summed E-state index contributed by atoms with van der Waals surface area (Å²) in [6, 6.07) is 5.73. The van der Waals surface area contributed by atoms with Crippen molar-refractivity contribution < 1.29 is 4.42 Å². The zero-order chi connectivity index (χ0) is 9.26. The number of halogens is 2. The van der Waals surface area contributed by atoms with Crippen LogP contribution in [0.15, 0.2) is 28.9 Å². The molecule has 0 N–H and O–H groups in total. The Labute approximate surface area is 89.8 Å². The third kappa shape index (κ3) is 1.74. The molecule has 0 bridgehead atoms. The quantitative estimate of drug-likeness (QED) is 0.742. The Kier molecular flexibility index (Phi) is 2.61. The lowest BCUT2D eigenvalue weighted by Crippen LogP contribution is -1.81. The fourth-order valence-electron chi connectivity index (χ4n) is 1.35. The summed E-state index contributed by atoms with van der Waals surface area (Å²) in [5.41, 5.74) is 2.09. The summed E-state index contributed by atoms with van der Waals surface area (Å²) in [6.07, 6.45) is 2.77. The molecule has 13 heavy (non-hydrogen) atoms. The zero-order valence-corrected chi connectivity index (χ0v) is 9.23. The summed E-state index contributed by atoms with van der Waals surface area (Å²) in [5, 5.41) is 2.82. The van der Waals surface area contributed by atoms with Crippen LogP contribution in [0.5, 0.6) is 0 Å². The van der Waals surface area contributed by atoms with Crippen LogP contribution in [0.25, 0.3) is 11.0 Å². The minimum absolute atomic E-state index is 0.715. The Morgan fingerprint density at radius 3 is 3.00 bits per heavy atom.